The van der Waals surface area contributed by atoms with Crippen LogP contribution in [0.5, 0.6) is 0 Å². The van der Waals surface area contributed by atoms with Gasteiger partial charge < -0.3 is 9.64 Å². The van der Waals surface area contributed by atoms with E-state index in [1.54, 1.807) is 12.1 Å². The van der Waals surface area contributed by atoms with Crippen LogP contribution in [0.3, 0.4) is 0 Å². The lowest BCUT2D eigenvalue weighted by Gasteiger charge is -2.40. The fourth-order valence-corrected chi connectivity index (χ4v) is 4.05. The second-order valence-electron chi connectivity index (χ2n) is 7.03. The SMILES string of the molecule is COCC(=O)N1CC[C@]2(CCCN(Cc3cccc(F)c3F)C2)C1. The molecule has 6 heteroatoms. The van der Waals surface area contributed by atoms with Crippen LogP contribution in [0.25, 0.3) is 0 Å². The van der Waals surface area contributed by atoms with Crippen molar-refractivity contribution < 1.29 is 18.3 Å². The molecule has 1 aromatic rings. The van der Waals surface area contributed by atoms with Gasteiger partial charge in [-0.2, -0.15) is 0 Å². The van der Waals surface area contributed by atoms with Crippen molar-refractivity contribution in [3.05, 3.63) is 35.4 Å². The summed E-state index contributed by atoms with van der Waals surface area (Å²) in [6.45, 7) is 3.72. The van der Waals surface area contributed by atoms with Crippen molar-refractivity contribution in [3.8, 4) is 0 Å². The molecule has 3 rings (SSSR count). The van der Waals surface area contributed by atoms with Crippen molar-refractivity contribution in [1.29, 1.82) is 0 Å². The molecular weight excluding hydrogens is 314 g/mol. The van der Waals surface area contributed by atoms with Gasteiger partial charge in [0.2, 0.25) is 5.91 Å². The average Bonchev–Trinajstić information content (AvgIpc) is 2.96. The first-order valence-corrected chi connectivity index (χ1v) is 8.45. The van der Waals surface area contributed by atoms with Crippen molar-refractivity contribution in [3.63, 3.8) is 0 Å². The molecule has 2 fully saturated rings. The maximum Gasteiger partial charge on any atom is 0.248 e. The Labute approximate surface area is 141 Å². The van der Waals surface area contributed by atoms with Crippen molar-refractivity contribution in [2.45, 2.75) is 25.8 Å². The maximum atomic E-state index is 13.9. The van der Waals surface area contributed by atoms with Gasteiger partial charge in [0.05, 0.1) is 0 Å². The number of nitrogens with zero attached hydrogens (tertiary/aromatic N) is 2. The highest BCUT2D eigenvalue weighted by atomic mass is 19.2. The van der Waals surface area contributed by atoms with E-state index < -0.39 is 11.6 Å². The quantitative estimate of drug-likeness (QED) is 0.845. The summed E-state index contributed by atoms with van der Waals surface area (Å²) >= 11 is 0. The van der Waals surface area contributed by atoms with Crippen molar-refractivity contribution in [2.75, 3.05) is 39.9 Å². The van der Waals surface area contributed by atoms with Crippen LogP contribution in [-0.4, -0.2) is 55.6 Å². The lowest BCUT2D eigenvalue weighted by Crippen LogP contribution is -2.45. The van der Waals surface area contributed by atoms with Gasteiger partial charge in [-0.15, -0.1) is 0 Å². The predicted molar refractivity (Wildman–Crippen MR) is 86.4 cm³/mol. The van der Waals surface area contributed by atoms with Crippen LogP contribution < -0.4 is 0 Å². The first-order valence-electron chi connectivity index (χ1n) is 8.45. The molecule has 132 valence electrons. The van der Waals surface area contributed by atoms with E-state index in [1.807, 2.05) is 4.90 Å². The minimum absolute atomic E-state index is 0.0303. The molecule has 1 atom stereocenters. The summed E-state index contributed by atoms with van der Waals surface area (Å²) in [5, 5.41) is 0. The van der Waals surface area contributed by atoms with E-state index in [0.29, 0.717) is 12.1 Å². The van der Waals surface area contributed by atoms with Gasteiger partial charge in [-0.25, -0.2) is 8.78 Å². The first-order chi connectivity index (χ1) is 11.5. The number of amides is 1. The third kappa shape index (κ3) is 3.59. The molecule has 0 N–H and O–H groups in total. The van der Waals surface area contributed by atoms with Crippen molar-refractivity contribution >= 4 is 5.91 Å². The van der Waals surface area contributed by atoms with E-state index in [9.17, 15) is 13.6 Å². The van der Waals surface area contributed by atoms with Crippen LogP contribution in [0.15, 0.2) is 18.2 Å². The van der Waals surface area contributed by atoms with Crippen LogP contribution in [0, 0.1) is 17.0 Å². The molecule has 0 unspecified atom stereocenters. The van der Waals surface area contributed by atoms with Crippen molar-refractivity contribution in [1.82, 2.24) is 9.80 Å². The molecule has 0 bridgehead atoms. The fourth-order valence-electron chi connectivity index (χ4n) is 4.05. The molecule has 2 saturated heterocycles. The third-order valence-corrected chi connectivity index (χ3v) is 5.22. The van der Waals surface area contributed by atoms with Gasteiger partial charge in [-0.1, -0.05) is 12.1 Å². The zero-order chi connectivity index (χ0) is 17.2. The summed E-state index contributed by atoms with van der Waals surface area (Å²) in [5.74, 6) is -1.51. The number of carbonyl (C=O) groups is 1. The van der Waals surface area contributed by atoms with Crippen molar-refractivity contribution in [2.24, 2.45) is 5.41 Å². The Bertz CT molecular complexity index is 611. The van der Waals surface area contributed by atoms with Crippen LogP contribution in [0.2, 0.25) is 0 Å². The van der Waals surface area contributed by atoms with E-state index in [-0.39, 0.29) is 17.9 Å². The lowest BCUT2D eigenvalue weighted by molar-refractivity contribution is -0.134. The molecule has 24 heavy (non-hydrogen) atoms. The Morgan fingerprint density at radius 2 is 2.08 bits per heavy atom. The van der Waals surface area contributed by atoms with Crippen LogP contribution in [0.1, 0.15) is 24.8 Å². The number of methoxy groups -OCH3 is 1. The highest BCUT2D eigenvalue weighted by Gasteiger charge is 2.42. The highest BCUT2D eigenvalue weighted by Crippen LogP contribution is 2.39. The molecule has 2 aliphatic rings. The maximum absolute atomic E-state index is 13.9. The standard InChI is InChI=1S/C18H24F2N2O2/c1-24-11-16(23)22-9-7-18(13-22)6-3-8-21(12-18)10-14-4-2-5-15(19)17(14)20/h2,4-5H,3,6-13H2,1H3/t18-/m0/s1. The summed E-state index contributed by atoms with van der Waals surface area (Å²) in [4.78, 5) is 16.1. The van der Waals surface area contributed by atoms with Gasteiger partial charge in [0.1, 0.15) is 6.61 Å². The Balaban J connectivity index is 1.64. The second kappa shape index (κ2) is 7.15. The zero-order valence-corrected chi connectivity index (χ0v) is 14.1. The smallest absolute Gasteiger partial charge is 0.248 e. The summed E-state index contributed by atoms with van der Waals surface area (Å²) < 4.78 is 32.2. The number of piperidine rings is 1. The summed E-state index contributed by atoms with van der Waals surface area (Å²) in [5.41, 5.74) is 0.475. The molecule has 2 aliphatic heterocycles. The Morgan fingerprint density at radius 1 is 1.25 bits per heavy atom. The topological polar surface area (TPSA) is 32.8 Å². The summed E-state index contributed by atoms with van der Waals surface area (Å²) in [6.07, 6.45) is 3.06. The largest absolute Gasteiger partial charge is 0.375 e. The Kier molecular flexibility index (Phi) is 5.15. The molecule has 4 nitrogen and oxygen atoms in total. The number of halogens is 2. The fraction of sp³-hybridized carbons (Fsp3) is 0.611. The number of hydrogen-bond acceptors (Lipinski definition) is 3. The van der Waals surface area contributed by atoms with Gasteiger partial charge in [-0.3, -0.25) is 9.69 Å². The van der Waals surface area contributed by atoms with Crippen LogP contribution in [0.4, 0.5) is 8.78 Å². The molecule has 1 spiro atoms. The zero-order valence-electron chi connectivity index (χ0n) is 14.1. The molecule has 0 saturated carbocycles. The van der Waals surface area contributed by atoms with Gasteiger partial charge in [0.15, 0.2) is 11.6 Å². The second-order valence-corrected chi connectivity index (χ2v) is 7.03. The first kappa shape index (κ1) is 17.3. The number of benzene rings is 1. The molecule has 0 radical (unpaired) electrons. The Morgan fingerprint density at radius 3 is 2.88 bits per heavy atom. The van der Waals surface area contributed by atoms with Gasteiger partial charge in [-0.05, 0) is 31.9 Å². The minimum Gasteiger partial charge on any atom is -0.375 e. The predicted octanol–water partition coefficient (Wildman–Crippen LogP) is 2.43. The molecule has 1 amide bonds. The van der Waals surface area contributed by atoms with Gasteiger partial charge >= 0.3 is 0 Å². The normalized spacial score (nSPS) is 24.7. The monoisotopic (exact) mass is 338 g/mol. The highest BCUT2D eigenvalue weighted by molar-refractivity contribution is 5.77. The van der Waals surface area contributed by atoms with Crippen LogP contribution in [-0.2, 0) is 16.1 Å². The summed E-state index contributed by atoms with van der Waals surface area (Å²) in [7, 11) is 1.53. The van der Waals surface area contributed by atoms with E-state index in [2.05, 4.69) is 4.90 Å². The Hall–Kier alpha value is -1.53. The van der Waals surface area contributed by atoms with E-state index in [0.717, 1.165) is 51.5 Å². The number of likely N-dealkylation sites (tertiary alicyclic amines) is 2. The summed E-state index contributed by atoms with van der Waals surface area (Å²) in [6, 6.07) is 4.34. The van der Waals surface area contributed by atoms with Gasteiger partial charge in [0, 0.05) is 44.3 Å². The number of ether oxygens (including phenoxy) is 1. The molecule has 2 heterocycles. The molecular formula is C18H24F2N2O2. The molecule has 0 aliphatic carbocycles. The van der Waals surface area contributed by atoms with E-state index in [4.69, 9.17) is 4.74 Å². The number of hydrogen-bond donors (Lipinski definition) is 0. The number of rotatable bonds is 4. The lowest BCUT2D eigenvalue weighted by atomic mass is 9.79. The van der Waals surface area contributed by atoms with Gasteiger partial charge in [0.25, 0.3) is 0 Å². The number of carbonyl (C=O) groups excluding carboxylic acids is 1. The van der Waals surface area contributed by atoms with E-state index >= 15 is 0 Å². The average molecular weight is 338 g/mol. The molecule has 1 aromatic carbocycles. The third-order valence-electron chi connectivity index (χ3n) is 5.22. The van der Waals surface area contributed by atoms with Crippen LogP contribution >= 0.6 is 0 Å². The van der Waals surface area contributed by atoms with E-state index in [1.165, 1.54) is 7.11 Å². The molecule has 0 aromatic heterocycles. The minimum atomic E-state index is -0.795.